The van der Waals surface area contributed by atoms with E-state index < -0.39 is 16.5 Å². The summed E-state index contributed by atoms with van der Waals surface area (Å²) in [7, 11) is 0. The molecular formula is C19H16N2O6. The highest BCUT2D eigenvalue weighted by atomic mass is 16.6. The molecule has 0 saturated heterocycles. The molecule has 138 valence electrons. The minimum atomic E-state index is -0.790. The molecule has 2 aromatic carbocycles. The molecule has 0 aliphatic carbocycles. The Labute approximate surface area is 153 Å². The van der Waals surface area contributed by atoms with Gasteiger partial charge in [-0.2, -0.15) is 0 Å². The number of fused-ring (bicyclic) bond motifs is 1. The van der Waals surface area contributed by atoms with E-state index in [-0.39, 0.29) is 29.0 Å². The maximum Gasteiger partial charge on any atom is 0.343 e. The highest BCUT2D eigenvalue weighted by molar-refractivity contribution is 5.86. The normalized spacial score (nSPS) is 12.9. The van der Waals surface area contributed by atoms with Crippen LogP contribution in [0.5, 0.6) is 5.75 Å². The summed E-state index contributed by atoms with van der Waals surface area (Å²) >= 11 is 0. The van der Waals surface area contributed by atoms with Crippen LogP contribution in [-0.4, -0.2) is 20.9 Å². The number of rotatable bonds is 5. The van der Waals surface area contributed by atoms with E-state index in [9.17, 15) is 20.0 Å². The first-order chi connectivity index (χ1) is 12.9. The minimum absolute atomic E-state index is 0.0443. The predicted molar refractivity (Wildman–Crippen MR) is 98.6 cm³/mol. The van der Waals surface area contributed by atoms with E-state index >= 15 is 0 Å². The van der Waals surface area contributed by atoms with Crippen LogP contribution in [0.25, 0.3) is 11.0 Å². The molecule has 1 heterocycles. The van der Waals surface area contributed by atoms with E-state index in [1.54, 1.807) is 37.3 Å². The predicted octanol–water partition coefficient (Wildman–Crippen LogP) is 3.78. The van der Waals surface area contributed by atoms with Crippen molar-refractivity contribution in [2.24, 2.45) is 5.16 Å². The first kappa shape index (κ1) is 18.1. The lowest BCUT2D eigenvalue weighted by molar-refractivity contribution is -0.384. The van der Waals surface area contributed by atoms with Crippen molar-refractivity contribution in [3.8, 4) is 5.75 Å². The van der Waals surface area contributed by atoms with Crippen LogP contribution in [0.1, 0.15) is 30.4 Å². The monoisotopic (exact) mass is 368 g/mol. The molecule has 0 amide bonds. The lowest BCUT2D eigenvalue weighted by Gasteiger charge is -2.18. The van der Waals surface area contributed by atoms with Gasteiger partial charge in [-0.05, 0) is 24.6 Å². The number of benzene rings is 2. The Balaban J connectivity index is 2.26. The second-order valence-corrected chi connectivity index (χ2v) is 6.09. The van der Waals surface area contributed by atoms with E-state index in [0.717, 1.165) is 0 Å². The zero-order valence-corrected chi connectivity index (χ0v) is 14.3. The van der Waals surface area contributed by atoms with E-state index in [4.69, 9.17) is 9.62 Å². The fourth-order valence-electron chi connectivity index (χ4n) is 3.03. The molecule has 0 radical (unpaired) electrons. The molecule has 8 heteroatoms. The average molecular weight is 368 g/mol. The largest absolute Gasteiger partial charge is 0.507 e. The summed E-state index contributed by atoms with van der Waals surface area (Å²) < 4.78 is 5.32. The summed E-state index contributed by atoms with van der Waals surface area (Å²) in [5, 5.41) is 34.4. The topological polar surface area (TPSA) is 126 Å². The number of aromatic hydroxyl groups is 1. The van der Waals surface area contributed by atoms with Crippen LogP contribution in [0.4, 0.5) is 5.69 Å². The highest BCUT2D eigenvalue weighted by Crippen LogP contribution is 2.37. The van der Waals surface area contributed by atoms with Gasteiger partial charge in [-0.1, -0.05) is 29.4 Å². The van der Waals surface area contributed by atoms with Gasteiger partial charge in [0.1, 0.15) is 11.3 Å². The molecule has 1 aromatic heterocycles. The summed E-state index contributed by atoms with van der Waals surface area (Å²) in [6.45, 7) is 1.55. The lowest BCUT2D eigenvalue weighted by Crippen LogP contribution is -2.17. The molecule has 2 N–H and O–H groups in total. The van der Waals surface area contributed by atoms with Crippen molar-refractivity contribution in [2.75, 3.05) is 0 Å². The number of nitro benzene ring substituents is 1. The molecule has 0 spiro atoms. The maximum atomic E-state index is 12.6. The number of nitrogens with zero attached hydrogens (tertiary/aromatic N) is 2. The lowest BCUT2D eigenvalue weighted by atomic mass is 9.86. The standard InChI is InChI=1S/C19H16N2O6/c1-11(20-24)9-15(12-5-4-6-13(10-12)21(25)26)17-18(22)14-7-2-3-8-16(14)27-19(17)23/h2-8,10,15,22,24H,9H2,1H3/b20-11-. The van der Waals surface area contributed by atoms with Crippen molar-refractivity contribution in [2.45, 2.75) is 19.3 Å². The number of hydrogen-bond acceptors (Lipinski definition) is 7. The van der Waals surface area contributed by atoms with E-state index in [1.165, 1.54) is 18.2 Å². The third kappa shape index (κ3) is 3.50. The van der Waals surface area contributed by atoms with Crippen molar-refractivity contribution < 1.29 is 19.7 Å². The first-order valence-corrected chi connectivity index (χ1v) is 8.09. The fraction of sp³-hybridized carbons (Fsp3) is 0.158. The third-order valence-electron chi connectivity index (χ3n) is 4.32. The Morgan fingerprint density at radius 1 is 1.26 bits per heavy atom. The minimum Gasteiger partial charge on any atom is -0.507 e. The Morgan fingerprint density at radius 3 is 2.70 bits per heavy atom. The van der Waals surface area contributed by atoms with Crippen molar-refractivity contribution in [1.82, 2.24) is 0 Å². The van der Waals surface area contributed by atoms with Gasteiger partial charge >= 0.3 is 5.63 Å². The van der Waals surface area contributed by atoms with Crippen LogP contribution < -0.4 is 5.63 Å². The summed E-state index contributed by atoms with van der Waals surface area (Å²) in [6, 6.07) is 12.3. The van der Waals surface area contributed by atoms with Crippen LogP contribution in [0.15, 0.2) is 62.9 Å². The molecule has 3 rings (SSSR count). The van der Waals surface area contributed by atoms with Crippen molar-refractivity contribution in [3.05, 3.63) is 80.2 Å². The van der Waals surface area contributed by atoms with Crippen molar-refractivity contribution >= 4 is 22.4 Å². The van der Waals surface area contributed by atoms with Gasteiger partial charge in [0.05, 0.1) is 21.6 Å². The molecule has 0 fully saturated rings. The van der Waals surface area contributed by atoms with Gasteiger partial charge in [-0.15, -0.1) is 0 Å². The number of oxime groups is 1. The second-order valence-electron chi connectivity index (χ2n) is 6.09. The SMILES string of the molecule is C/C(CC(c1cccc([N+](=O)[O-])c1)c1c(O)c2ccccc2oc1=O)=N/O. The summed E-state index contributed by atoms with van der Waals surface area (Å²) in [5.41, 5.74) is -0.0102. The summed E-state index contributed by atoms with van der Waals surface area (Å²) in [6.07, 6.45) is 0.0638. The molecule has 0 aliphatic heterocycles. The van der Waals surface area contributed by atoms with Gasteiger partial charge in [0.25, 0.3) is 5.69 Å². The average Bonchev–Trinajstić information content (AvgIpc) is 2.67. The van der Waals surface area contributed by atoms with E-state index in [1.807, 2.05) is 0 Å². The summed E-state index contributed by atoms with van der Waals surface area (Å²) in [4.78, 5) is 23.2. The van der Waals surface area contributed by atoms with Crippen molar-refractivity contribution in [1.29, 1.82) is 0 Å². The van der Waals surface area contributed by atoms with E-state index in [0.29, 0.717) is 16.7 Å². The molecule has 0 aliphatic rings. The highest BCUT2D eigenvalue weighted by Gasteiger charge is 2.26. The van der Waals surface area contributed by atoms with Gasteiger partial charge in [-0.3, -0.25) is 10.1 Å². The van der Waals surface area contributed by atoms with Crippen LogP contribution in [0, 0.1) is 10.1 Å². The Morgan fingerprint density at radius 2 is 2.00 bits per heavy atom. The molecule has 1 atom stereocenters. The maximum absolute atomic E-state index is 12.6. The molecule has 8 nitrogen and oxygen atoms in total. The zero-order valence-electron chi connectivity index (χ0n) is 14.3. The van der Waals surface area contributed by atoms with Gasteiger partial charge in [0.15, 0.2) is 0 Å². The van der Waals surface area contributed by atoms with Crippen LogP contribution in [-0.2, 0) is 0 Å². The van der Waals surface area contributed by atoms with Crippen LogP contribution >= 0.6 is 0 Å². The first-order valence-electron chi connectivity index (χ1n) is 8.09. The van der Waals surface area contributed by atoms with Gasteiger partial charge < -0.3 is 14.7 Å². The number of non-ortho nitro benzene ring substituents is 1. The molecule has 27 heavy (non-hydrogen) atoms. The summed E-state index contributed by atoms with van der Waals surface area (Å²) in [5.74, 6) is -1.05. The Hall–Kier alpha value is -3.68. The Kier molecular flexibility index (Phi) is 4.89. The number of nitro groups is 1. The second kappa shape index (κ2) is 7.28. The number of hydrogen-bond donors (Lipinski definition) is 2. The van der Waals surface area contributed by atoms with E-state index in [2.05, 4.69) is 5.16 Å². The van der Waals surface area contributed by atoms with Gasteiger partial charge in [0, 0.05) is 24.5 Å². The quantitative estimate of drug-likeness (QED) is 0.232. The van der Waals surface area contributed by atoms with Gasteiger partial charge in [-0.25, -0.2) is 4.79 Å². The molecule has 3 aromatic rings. The zero-order chi connectivity index (χ0) is 19.6. The van der Waals surface area contributed by atoms with Crippen LogP contribution in [0.2, 0.25) is 0 Å². The number of para-hydroxylation sites is 1. The smallest absolute Gasteiger partial charge is 0.343 e. The van der Waals surface area contributed by atoms with Gasteiger partial charge in [0.2, 0.25) is 0 Å². The molecule has 0 bridgehead atoms. The molecular weight excluding hydrogens is 352 g/mol. The fourth-order valence-corrected chi connectivity index (χ4v) is 3.03. The molecule has 1 unspecified atom stereocenters. The Bertz CT molecular complexity index is 1100. The van der Waals surface area contributed by atoms with Crippen molar-refractivity contribution in [3.63, 3.8) is 0 Å². The third-order valence-corrected chi connectivity index (χ3v) is 4.32. The molecule has 0 saturated carbocycles. The van der Waals surface area contributed by atoms with Crippen LogP contribution in [0.3, 0.4) is 0 Å².